The van der Waals surface area contributed by atoms with Crippen molar-refractivity contribution < 1.29 is 8.76 Å². The van der Waals surface area contributed by atoms with E-state index in [1.165, 1.54) is 4.41 Å². The van der Waals surface area contributed by atoms with Gasteiger partial charge in [0, 0.05) is 24.5 Å². The van der Waals surface area contributed by atoms with Crippen LogP contribution in [0.2, 0.25) is 0 Å². The number of rotatable bonds is 4. The van der Waals surface area contributed by atoms with Crippen LogP contribution in [0.5, 0.6) is 0 Å². The van der Waals surface area contributed by atoms with Gasteiger partial charge in [-0.3, -0.25) is 4.55 Å². The Balaban J connectivity index is 1.46. The maximum atomic E-state index is 11.2. The zero-order valence-electron chi connectivity index (χ0n) is 12.6. The van der Waals surface area contributed by atoms with Crippen molar-refractivity contribution in [3.63, 3.8) is 0 Å². The lowest BCUT2D eigenvalue weighted by Crippen LogP contribution is -2.68. The van der Waals surface area contributed by atoms with Gasteiger partial charge in [-0.25, -0.2) is 14.6 Å². The minimum atomic E-state index is -2.00. The Hall–Kier alpha value is -1.82. The third-order valence-corrected chi connectivity index (χ3v) is 5.51. The number of hydrogen-bond acceptors (Lipinski definition) is 7. The summed E-state index contributed by atoms with van der Waals surface area (Å²) in [6.45, 7) is 1.70. The smallest absolute Gasteiger partial charge is 0.248 e. The van der Waals surface area contributed by atoms with Gasteiger partial charge in [0.25, 0.3) is 0 Å². The number of nitrogen functional groups attached to an aromatic ring is 1. The van der Waals surface area contributed by atoms with E-state index in [1.54, 1.807) is 13.4 Å². The normalized spacial score (nSPS) is 21.6. The van der Waals surface area contributed by atoms with E-state index < -0.39 is 11.3 Å². The van der Waals surface area contributed by atoms with Gasteiger partial charge in [-0.1, -0.05) is 0 Å². The number of nitrogens with one attached hydrogen (secondary N) is 2. The van der Waals surface area contributed by atoms with Gasteiger partial charge >= 0.3 is 0 Å². The zero-order valence-corrected chi connectivity index (χ0v) is 13.4. The SMILES string of the molecule is CNN(C1CC2(C1)CN(c1nc(N)nc3nc[nH]c13)C2)S(=O)O. The van der Waals surface area contributed by atoms with Crippen molar-refractivity contribution in [3.8, 4) is 0 Å². The molecule has 2 aliphatic rings. The first kappa shape index (κ1) is 14.8. The third kappa shape index (κ3) is 2.27. The van der Waals surface area contributed by atoms with Crippen molar-refractivity contribution in [2.75, 3.05) is 30.8 Å². The standard InChI is InChI=1S/C12H18N8O2S/c1-14-20(23(21)22)7-2-12(3-7)4-19(5-12)10-8-9(16-6-15-8)17-11(13)18-10/h6-7,14H,2-5H2,1H3,(H,21,22)(H3,13,15,16,17,18). The molecule has 1 aliphatic heterocycles. The van der Waals surface area contributed by atoms with Crippen molar-refractivity contribution in [1.29, 1.82) is 0 Å². The molecule has 4 rings (SSSR count). The molecule has 11 heteroatoms. The van der Waals surface area contributed by atoms with Crippen LogP contribution >= 0.6 is 0 Å². The summed E-state index contributed by atoms with van der Waals surface area (Å²) >= 11 is -2.00. The molecule has 0 aromatic carbocycles. The summed E-state index contributed by atoms with van der Waals surface area (Å²) in [5.41, 5.74) is 10.1. The summed E-state index contributed by atoms with van der Waals surface area (Å²) in [7, 11) is 1.66. The Labute approximate surface area is 134 Å². The minimum absolute atomic E-state index is 0.0793. The number of imidazole rings is 1. The lowest BCUT2D eigenvalue weighted by Gasteiger charge is -2.60. The first-order valence-electron chi connectivity index (χ1n) is 7.30. The molecule has 1 saturated carbocycles. The van der Waals surface area contributed by atoms with Gasteiger partial charge in [0.15, 0.2) is 11.5 Å². The van der Waals surface area contributed by atoms with Crippen LogP contribution in [-0.4, -0.2) is 59.3 Å². The lowest BCUT2D eigenvalue weighted by molar-refractivity contribution is 0.000294. The Morgan fingerprint density at radius 2 is 2.26 bits per heavy atom. The fourth-order valence-corrected chi connectivity index (χ4v) is 4.29. The predicted molar refractivity (Wildman–Crippen MR) is 85.4 cm³/mol. The van der Waals surface area contributed by atoms with Crippen LogP contribution in [-0.2, 0) is 11.3 Å². The Bertz CT molecular complexity index is 766. The summed E-state index contributed by atoms with van der Waals surface area (Å²) in [5, 5.41) is 0. The molecule has 1 aliphatic carbocycles. The first-order chi connectivity index (χ1) is 11.0. The number of hydrazine groups is 1. The molecule has 1 unspecified atom stereocenters. The van der Waals surface area contributed by atoms with E-state index in [0.29, 0.717) is 5.65 Å². The molecule has 23 heavy (non-hydrogen) atoms. The van der Waals surface area contributed by atoms with Crippen molar-refractivity contribution >= 4 is 34.2 Å². The van der Waals surface area contributed by atoms with Gasteiger partial charge in [-0.15, -0.1) is 4.41 Å². The fraction of sp³-hybridized carbons (Fsp3) is 0.583. The Morgan fingerprint density at radius 3 is 2.91 bits per heavy atom. The van der Waals surface area contributed by atoms with Crippen molar-refractivity contribution in [2.24, 2.45) is 5.41 Å². The summed E-state index contributed by atoms with van der Waals surface area (Å²) in [6, 6.07) is 0.0793. The molecular formula is C12H18N8O2S. The zero-order chi connectivity index (χ0) is 16.2. The van der Waals surface area contributed by atoms with Crippen LogP contribution in [0, 0.1) is 5.41 Å². The van der Waals surface area contributed by atoms with Gasteiger partial charge < -0.3 is 15.6 Å². The monoisotopic (exact) mass is 338 g/mol. The molecule has 10 nitrogen and oxygen atoms in total. The molecule has 124 valence electrons. The molecule has 0 radical (unpaired) electrons. The number of anilines is 2. The molecule has 1 atom stereocenters. The van der Waals surface area contributed by atoms with Gasteiger partial charge in [0.05, 0.1) is 6.33 Å². The molecule has 2 aromatic rings. The number of fused-ring (bicyclic) bond motifs is 1. The predicted octanol–water partition coefficient (Wildman–Crippen LogP) is -0.523. The van der Waals surface area contributed by atoms with Gasteiger partial charge in [-0.05, 0) is 19.9 Å². The maximum Gasteiger partial charge on any atom is 0.248 e. The van der Waals surface area contributed by atoms with Crippen LogP contribution in [0.15, 0.2) is 6.33 Å². The number of aromatic amines is 1. The van der Waals surface area contributed by atoms with Gasteiger partial charge in [0.1, 0.15) is 5.52 Å². The van der Waals surface area contributed by atoms with E-state index in [0.717, 1.165) is 37.3 Å². The highest BCUT2D eigenvalue weighted by molar-refractivity contribution is 7.76. The number of H-pyrrole nitrogens is 1. The van der Waals surface area contributed by atoms with Crippen molar-refractivity contribution in [1.82, 2.24) is 29.8 Å². The number of nitrogens with two attached hydrogens (primary N) is 1. The summed E-state index contributed by atoms with van der Waals surface area (Å²) in [6.07, 6.45) is 3.34. The maximum absolute atomic E-state index is 11.2. The van der Waals surface area contributed by atoms with E-state index in [4.69, 9.17) is 5.73 Å². The van der Waals surface area contributed by atoms with Gasteiger partial charge in [0.2, 0.25) is 17.2 Å². The second kappa shape index (κ2) is 5.09. The van der Waals surface area contributed by atoms with Crippen LogP contribution in [0.1, 0.15) is 12.8 Å². The second-order valence-corrected chi connectivity index (χ2v) is 7.06. The average molecular weight is 338 g/mol. The van der Waals surface area contributed by atoms with E-state index in [-0.39, 0.29) is 17.4 Å². The average Bonchev–Trinajstić information content (AvgIpc) is 2.86. The highest BCUT2D eigenvalue weighted by atomic mass is 32.2. The highest BCUT2D eigenvalue weighted by Crippen LogP contribution is 2.51. The molecular weight excluding hydrogens is 320 g/mol. The van der Waals surface area contributed by atoms with Crippen molar-refractivity contribution in [2.45, 2.75) is 18.9 Å². The summed E-state index contributed by atoms with van der Waals surface area (Å²) in [4.78, 5) is 17.8. The number of nitrogens with zero attached hydrogens (tertiary/aromatic N) is 5. The Kier molecular flexibility index (Phi) is 3.27. The van der Waals surface area contributed by atoms with Crippen LogP contribution in [0.25, 0.3) is 11.2 Å². The number of hydrogen-bond donors (Lipinski definition) is 4. The lowest BCUT2D eigenvalue weighted by atomic mass is 9.61. The molecule has 0 bridgehead atoms. The highest BCUT2D eigenvalue weighted by Gasteiger charge is 2.55. The molecule has 0 amide bonds. The summed E-state index contributed by atoms with van der Waals surface area (Å²) < 4.78 is 21.9. The Morgan fingerprint density at radius 1 is 1.52 bits per heavy atom. The minimum Gasteiger partial charge on any atom is -0.368 e. The number of aromatic nitrogens is 4. The van der Waals surface area contributed by atoms with Gasteiger partial charge in [-0.2, -0.15) is 9.97 Å². The quantitative estimate of drug-likeness (QED) is 0.432. The third-order valence-electron chi connectivity index (χ3n) is 4.69. The van der Waals surface area contributed by atoms with E-state index in [2.05, 4.69) is 30.3 Å². The van der Waals surface area contributed by atoms with E-state index in [9.17, 15) is 8.76 Å². The first-order valence-corrected chi connectivity index (χ1v) is 8.37. The van der Waals surface area contributed by atoms with Crippen LogP contribution in [0.4, 0.5) is 11.8 Å². The molecule has 3 heterocycles. The van der Waals surface area contributed by atoms with Crippen LogP contribution < -0.4 is 16.1 Å². The van der Waals surface area contributed by atoms with Crippen molar-refractivity contribution in [3.05, 3.63) is 6.33 Å². The molecule has 1 spiro atoms. The molecule has 1 saturated heterocycles. The second-order valence-electron chi connectivity index (χ2n) is 6.20. The molecule has 2 aromatic heterocycles. The topological polar surface area (TPSA) is 136 Å². The molecule has 2 fully saturated rings. The van der Waals surface area contributed by atoms with E-state index in [1.807, 2.05) is 0 Å². The van der Waals surface area contributed by atoms with Crippen LogP contribution in [0.3, 0.4) is 0 Å². The van der Waals surface area contributed by atoms with E-state index >= 15 is 0 Å². The fourth-order valence-electron chi connectivity index (χ4n) is 3.73. The summed E-state index contributed by atoms with van der Waals surface area (Å²) in [5.74, 6) is 0.986. The molecule has 5 N–H and O–H groups in total. The largest absolute Gasteiger partial charge is 0.368 e.